The molecule has 1 amide bonds. The molecule has 3 rings (SSSR count). The molecule has 0 N–H and O–H groups in total. The van der Waals surface area contributed by atoms with E-state index in [0.717, 1.165) is 19.3 Å². The molecule has 1 aliphatic heterocycles. The second-order valence-corrected chi connectivity index (χ2v) is 5.46. The zero-order valence-electron chi connectivity index (χ0n) is 10.6. The molecule has 2 aliphatic rings. The van der Waals surface area contributed by atoms with Gasteiger partial charge in [-0.05, 0) is 37.3 Å². The molecule has 0 spiro atoms. The van der Waals surface area contributed by atoms with Crippen LogP contribution in [0.1, 0.15) is 41.9 Å². The minimum Gasteiger partial charge on any atom is -0.342 e. The van der Waals surface area contributed by atoms with Gasteiger partial charge in [0, 0.05) is 25.4 Å². The average Bonchev–Trinajstić information content (AvgIpc) is 2.33. The monoisotopic (exact) mass is 229 g/mol. The molecule has 1 fully saturated rings. The Morgan fingerprint density at radius 3 is 2.88 bits per heavy atom. The van der Waals surface area contributed by atoms with Crippen molar-refractivity contribution in [1.82, 2.24) is 4.90 Å². The molecule has 2 heteroatoms. The third-order valence-electron chi connectivity index (χ3n) is 4.43. The number of hydrogen-bond acceptors (Lipinski definition) is 1. The Bertz CT molecular complexity index is 466. The summed E-state index contributed by atoms with van der Waals surface area (Å²) in [4.78, 5) is 13.7. The number of aryl methyl sites for hydroxylation is 2. The van der Waals surface area contributed by atoms with Crippen LogP contribution in [0.4, 0.5) is 0 Å². The molecule has 2 atom stereocenters. The van der Waals surface area contributed by atoms with Gasteiger partial charge < -0.3 is 4.90 Å². The number of carbonyl (C=O) groups excluding carboxylic acids is 1. The van der Waals surface area contributed by atoms with Crippen molar-refractivity contribution in [2.24, 2.45) is 0 Å². The quantitative estimate of drug-likeness (QED) is 0.669. The third-order valence-corrected chi connectivity index (χ3v) is 4.43. The highest BCUT2D eigenvalue weighted by Gasteiger charge is 2.37. The zero-order valence-corrected chi connectivity index (χ0v) is 10.6. The topological polar surface area (TPSA) is 20.3 Å². The highest BCUT2D eigenvalue weighted by Crippen LogP contribution is 2.40. The van der Waals surface area contributed by atoms with Crippen LogP contribution >= 0.6 is 0 Å². The lowest BCUT2D eigenvalue weighted by molar-refractivity contribution is -0.135. The van der Waals surface area contributed by atoms with E-state index in [1.807, 2.05) is 11.9 Å². The van der Waals surface area contributed by atoms with Crippen molar-refractivity contribution in [2.75, 3.05) is 7.05 Å². The maximum absolute atomic E-state index is 11.7. The van der Waals surface area contributed by atoms with Gasteiger partial charge >= 0.3 is 0 Å². The minimum absolute atomic E-state index is 0.321. The summed E-state index contributed by atoms with van der Waals surface area (Å²) in [5.74, 6) is 0.892. The molecule has 0 radical (unpaired) electrons. The van der Waals surface area contributed by atoms with Crippen LogP contribution in [0.3, 0.4) is 0 Å². The number of benzene rings is 1. The van der Waals surface area contributed by atoms with Crippen LogP contribution in [0.25, 0.3) is 0 Å². The second kappa shape index (κ2) is 3.86. The van der Waals surface area contributed by atoms with Crippen LogP contribution in [0.15, 0.2) is 18.2 Å². The molecular formula is C15H19NO. The van der Waals surface area contributed by atoms with Crippen LogP contribution in [-0.4, -0.2) is 23.9 Å². The summed E-state index contributed by atoms with van der Waals surface area (Å²) >= 11 is 0. The first-order valence-electron chi connectivity index (χ1n) is 6.52. The zero-order chi connectivity index (χ0) is 12.0. The predicted octanol–water partition coefficient (Wildman–Crippen LogP) is 2.65. The number of likely N-dealkylation sites (N-methyl/N-ethyl adjacent to an activating group) is 1. The van der Waals surface area contributed by atoms with Gasteiger partial charge in [0.1, 0.15) is 0 Å². The Morgan fingerprint density at radius 2 is 2.06 bits per heavy atom. The lowest BCUT2D eigenvalue weighted by atomic mass is 9.74. The van der Waals surface area contributed by atoms with Crippen molar-refractivity contribution in [3.63, 3.8) is 0 Å². The van der Waals surface area contributed by atoms with Gasteiger partial charge in [0.05, 0.1) is 0 Å². The number of carbonyl (C=O) groups is 1. The van der Waals surface area contributed by atoms with Crippen LogP contribution in [0, 0.1) is 6.92 Å². The minimum atomic E-state index is 0.321. The highest BCUT2D eigenvalue weighted by atomic mass is 16.2. The SMILES string of the molecule is Cc1ccc2c(c1)CC[C@@H]1[C@H]2CCC(=O)N1C. The molecule has 2 nitrogen and oxygen atoms in total. The predicted molar refractivity (Wildman–Crippen MR) is 68.0 cm³/mol. The maximum Gasteiger partial charge on any atom is 0.222 e. The van der Waals surface area contributed by atoms with E-state index >= 15 is 0 Å². The van der Waals surface area contributed by atoms with Crippen LogP contribution in [-0.2, 0) is 11.2 Å². The normalized spacial score (nSPS) is 27.6. The second-order valence-electron chi connectivity index (χ2n) is 5.46. The van der Waals surface area contributed by atoms with Gasteiger partial charge in [-0.1, -0.05) is 23.8 Å². The summed E-state index contributed by atoms with van der Waals surface area (Å²) in [7, 11) is 1.97. The summed E-state index contributed by atoms with van der Waals surface area (Å²) in [6.45, 7) is 2.16. The molecule has 1 aliphatic carbocycles. The van der Waals surface area contributed by atoms with Crippen molar-refractivity contribution in [3.8, 4) is 0 Å². The molecular weight excluding hydrogens is 210 g/mol. The van der Waals surface area contributed by atoms with E-state index in [9.17, 15) is 4.79 Å². The Morgan fingerprint density at radius 1 is 1.24 bits per heavy atom. The van der Waals surface area contributed by atoms with Gasteiger partial charge in [0.25, 0.3) is 0 Å². The van der Waals surface area contributed by atoms with E-state index in [1.54, 1.807) is 0 Å². The fourth-order valence-corrected chi connectivity index (χ4v) is 3.48. The fraction of sp³-hybridized carbons (Fsp3) is 0.533. The Hall–Kier alpha value is -1.31. The molecule has 17 heavy (non-hydrogen) atoms. The molecule has 90 valence electrons. The van der Waals surface area contributed by atoms with E-state index in [2.05, 4.69) is 25.1 Å². The molecule has 0 aromatic heterocycles. The first-order chi connectivity index (χ1) is 8.16. The number of nitrogens with zero attached hydrogens (tertiary/aromatic N) is 1. The van der Waals surface area contributed by atoms with Crippen molar-refractivity contribution >= 4 is 5.91 Å². The summed E-state index contributed by atoms with van der Waals surface area (Å²) in [5, 5.41) is 0. The Balaban J connectivity index is 1.99. The van der Waals surface area contributed by atoms with E-state index in [0.29, 0.717) is 24.3 Å². The number of rotatable bonds is 0. The summed E-state index contributed by atoms with van der Waals surface area (Å²) in [6.07, 6.45) is 3.99. The summed E-state index contributed by atoms with van der Waals surface area (Å²) in [5.41, 5.74) is 4.35. The van der Waals surface area contributed by atoms with E-state index < -0.39 is 0 Å². The standard InChI is InChI=1S/C15H19NO/c1-10-3-5-12-11(9-10)4-7-14-13(12)6-8-15(17)16(14)2/h3,5,9,13-14H,4,6-8H2,1-2H3/t13-,14+/m0/s1. The van der Waals surface area contributed by atoms with Gasteiger partial charge in [-0.3, -0.25) is 4.79 Å². The molecule has 0 saturated carbocycles. The molecule has 1 aromatic rings. The van der Waals surface area contributed by atoms with Gasteiger partial charge in [0.15, 0.2) is 0 Å². The van der Waals surface area contributed by atoms with E-state index in [4.69, 9.17) is 0 Å². The number of hydrogen-bond donors (Lipinski definition) is 0. The molecule has 1 saturated heterocycles. The summed E-state index contributed by atoms with van der Waals surface area (Å²) < 4.78 is 0. The average molecular weight is 229 g/mol. The van der Waals surface area contributed by atoms with Gasteiger partial charge in [-0.25, -0.2) is 0 Å². The number of fused-ring (bicyclic) bond motifs is 3. The molecule has 1 heterocycles. The molecule has 0 bridgehead atoms. The van der Waals surface area contributed by atoms with Crippen molar-refractivity contribution in [2.45, 2.75) is 44.6 Å². The Labute approximate surface area is 103 Å². The van der Waals surface area contributed by atoms with Crippen LogP contribution in [0.5, 0.6) is 0 Å². The Kier molecular flexibility index (Phi) is 2.46. The molecule has 1 aromatic carbocycles. The fourth-order valence-electron chi connectivity index (χ4n) is 3.48. The van der Waals surface area contributed by atoms with E-state index in [-0.39, 0.29) is 0 Å². The first-order valence-corrected chi connectivity index (χ1v) is 6.52. The lowest BCUT2D eigenvalue weighted by Crippen LogP contribution is -2.47. The summed E-state index contributed by atoms with van der Waals surface area (Å²) in [6, 6.07) is 7.25. The first kappa shape index (κ1) is 10.8. The van der Waals surface area contributed by atoms with Gasteiger partial charge in [0.2, 0.25) is 5.91 Å². The van der Waals surface area contributed by atoms with Gasteiger partial charge in [-0.15, -0.1) is 0 Å². The maximum atomic E-state index is 11.7. The van der Waals surface area contributed by atoms with E-state index in [1.165, 1.54) is 16.7 Å². The number of piperidine rings is 1. The van der Waals surface area contributed by atoms with Gasteiger partial charge in [-0.2, -0.15) is 0 Å². The van der Waals surface area contributed by atoms with Crippen LogP contribution in [0.2, 0.25) is 0 Å². The number of likely N-dealkylation sites (tertiary alicyclic amines) is 1. The lowest BCUT2D eigenvalue weighted by Gasteiger charge is -2.43. The molecule has 0 unspecified atom stereocenters. The van der Waals surface area contributed by atoms with Crippen LogP contribution < -0.4 is 0 Å². The van der Waals surface area contributed by atoms with Crippen molar-refractivity contribution < 1.29 is 4.79 Å². The third kappa shape index (κ3) is 1.67. The largest absolute Gasteiger partial charge is 0.342 e. The highest BCUT2D eigenvalue weighted by molar-refractivity contribution is 5.77. The number of amides is 1. The van der Waals surface area contributed by atoms with Crippen molar-refractivity contribution in [3.05, 3.63) is 34.9 Å². The van der Waals surface area contributed by atoms with Crippen molar-refractivity contribution in [1.29, 1.82) is 0 Å². The smallest absolute Gasteiger partial charge is 0.222 e.